The fourth-order valence-corrected chi connectivity index (χ4v) is 3.23. The van der Waals surface area contributed by atoms with Crippen molar-refractivity contribution >= 4 is 11.8 Å². The minimum Gasteiger partial charge on any atom is -0.379 e. The predicted octanol–water partition coefficient (Wildman–Crippen LogP) is 2.02. The quantitative estimate of drug-likeness (QED) is 0.883. The van der Waals surface area contributed by atoms with Crippen LogP contribution in [0.3, 0.4) is 0 Å². The molecule has 6 heteroatoms. The van der Waals surface area contributed by atoms with Crippen LogP contribution in [0.5, 0.6) is 0 Å². The summed E-state index contributed by atoms with van der Waals surface area (Å²) in [4.78, 5) is 4.48. The average Bonchev–Trinajstić information content (AvgIpc) is 2.95. The second-order valence-electron chi connectivity index (χ2n) is 5.16. The summed E-state index contributed by atoms with van der Waals surface area (Å²) in [5.41, 5.74) is 5.47. The van der Waals surface area contributed by atoms with Crippen molar-refractivity contribution < 1.29 is 9.26 Å². The lowest BCUT2D eigenvalue weighted by atomic mass is 10.0. The fourth-order valence-electron chi connectivity index (χ4n) is 2.00. The van der Waals surface area contributed by atoms with Crippen LogP contribution in [-0.2, 0) is 15.0 Å². The van der Waals surface area contributed by atoms with Gasteiger partial charge in [-0.3, -0.25) is 0 Å². The SMILES string of the molecule is CCOCC(C)(N)c1noc(C2(C)CCCS2)n1. The van der Waals surface area contributed by atoms with Gasteiger partial charge >= 0.3 is 0 Å². The van der Waals surface area contributed by atoms with Crippen LogP contribution < -0.4 is 5.73 Å². The van der Waals surface area contributed by atoms with Crippen molar-refractivity contribution in [2.45, 2.75) is 43.9 Å². The maximum atomic E-state index is 6.16. The van der Waals surface area contributed by atoms with Gasteiger partial charge < -0.3 is 15.0 Å². The standard InChI is InChI=1S/C12H21N3O2S/c1-4-16-8-11(2,13)9-14-10(17-15-9)12(3)6-5-7-18-12/h4-8,13H2,1-3H3. The van der Waals surface area contributed by atoms with E-state index in [1.165, 1.54) is 6.42 Å². The van der Waals surface area contributed by atoms with Gasteiger partial charge in [-0.2, -0.15) is 4.98 Å². The van der Waals surface area contributed by atoms with Crippen molar-refractivity contribution in [3.8, 4) is 0 Å². The van der Waals surface area contributed by atoms with Gasteiger partial charge in [-0.25, -0.2) is 0 Å². The molecule has 2 unspecified atom stereocenters. The van der Waals surface area contributed by atoms with Crippen molar-refractivity contribution in [3.63, 3.8) is 0 Å². The zero-order valence-corrected chi connectivity index (χ0v) is 12.0. The second-order valence-corrected chi connectivity index (χ2v) is 6.76. The molecule has 1 saturated heterocycles. The Kier molecular flexibility index (Phi) is 3.99. The van der Waals surface area contributed by atoms with Crippen LogP contribution in [0.25, 0.3) is 0 Å². The number of hydrogen-bond donors (Lipinski definition) is 1. The highest BCUT2D eigenvalue weighted by molar-refractivity contribution is 8.00. The molecular formula is C12H21N3O2S. The third-order valence-corrected chi connectivity index (χ3v) is 4.72. The lowest BCUT2D eigenvalue weighted by Crippen LogP contribution is -2.39. The Morgan fingerprint density at radius 2 is 2.39 bits per heavy atom. The molecule has 0 saturated carbocycles. The molecule has 1 aromatic heterocycles. The Hall–Kier alpha value is -0.590. The van der Waals surface area contributed by atoms with Crippen LogP contribution in [0.2, 0.25) is 0 Å². The van der Waals surface area contributed by atoms with Crippen LogP contribution in [-0.4, -0.2) is 29.1 Å². The molecule has 2 atom stereocenters. The van der Waals surface area contributed by atoms with Gasteiger partial charge in [0.15, 0.2) is 5.82 Å². The monoisotopic (exact) mass is 271 g/mol. The molecule has 0 bridgehead atoms. The first-order valence-electron chi connectivity index (χ1n) is 6.33. The molecule has 2 heterocycles. The number of nitrogens with two attached hydrogens (primary N) is 1. The van der Waals surface area contributed by atoms with E-state index in [0.717, 1.165) is 12.2 Å². The van der Waals surface area contributed by atoms with Crippen LogP contribution in [0, 0.1) is 0 Å². The minimum absolute atomic E-state index is 0.0487. The summed E-state index contributed by atoms with van der Waals surface area (Å²) >= 11 is 1.87. The first-order valence-corrected chi connectivity index (χ1v) is 7.32. The van der Waals surface area contributed by atoms with Crippen LogP contribution in [0.4, 0.5) is 0 Å². The van der Waals surface area contributed by atoms with E-state index in [2.05, 4.69) is 17.1 Å². The summed E-state index contributed by atoms with van der Waals surface area (Å²) in [6, 6.07) is 0. The Morgan fingerprint density at radius 3 is 3.00 bits per heavy atom. The van der Waals surface area contributed by atoms with Gasteiger partial charge in [0.05, 0.1) is 11.4 Å². The van der Waals surface area contributed by atoms with E-state index in [9.17, 15) is 0 Å². The van der Waals surface area contributed by atoms with Gasteiger partial charge in [-0.15, -0.1) is 11.8 Å². The highest BCUT2D eigenvalue weighted by atomic mass is 32.2. The number of aromatic nitrogens is 2. The van der Waals surface area contributed by atoms with E-state index in [4.69, 9.17) is 15.0 Å². The summed E-state index contributed by atoms with van der Waals surface area (Å²) in [7, 11) is 0. The molecule has 0 radical (unpaired) electrons. The number of nitrogens with zero attached hydrogens (tertiary/aromatic N) is 2. The number of hydrogen-bond acceptors (Lipinski definition) is 6. The summed E-state index contributed by atoms with van der Waals surface area (Å²) in [5, 5.41) is 4.03. The largest absolute Gasteiger partial charge is 0.379 e. The summed E-state index contributed by atoms with van der Waals surface area (Å²) in [5.74, 6) is 2.36. The maximum Gasteiger partial charge on any atom is 0.242 e. The van der Waals surface area contributed by atoms with E-state index < -0.39 is 5.54 Å². The van der Waals surface area contributed by atoms with E-state index >= 15 is 0 Å². The summed E-state index contributed by atoms with van der Waals surface area (Å²) in [6.07, 6.45) is 2.27. The van der Waals surface area contributed by atoms with Gasteiger partial charge in [-0.05, 0) is 39.4 Å². The van der Waals surface area contributed by atoms with E-state index in [-0.39, 0.29) is 4.75 Å². The van der Waals surface area contributed by atoms with Gasteiger partial charge in [-0.1, -0.05) is 5.16 Å². The number of ether oxygens (including phenoxy) is 1. The first-order chi connectivity index (χ1) is 8.48. The fraction of sp³-hybridized carbons (Fsp3) is 0.833. The van der Waals surface area contributed by atoms with Crippen LogP contribution in [0.15, 0.2) is 4.52 Å². The second kappa shape index (κ2) is 5.19. The average molecular weight is 271 g/mol. The molecule has 0 amide bonds. The Balaban J connectivity index is 2.14. The zero-order valence-electron chi connectivity index (χ0n) is 11.2. The highest BCUT2D eigenvalue weighted by Gasteiger charge is 2.38. The molecule has 2 N–H and O–H groups in total. The number of thioether (sulfide) groups is 1. The van der Waals surface area contributed by atoms with Crippen LogP contribution in [0.1, 0.15) is 45.3 Å². The molecule has 0 aromatic carbocycles. The van der Waals surface area contributed by atoms with E-state index in [0.29, 0.717) is 24.9 Å². The van der Waals surface area contributed by atoms with Crippen molar-refractivity contribution in [2.75, 3.05) is 19.0 Å². The van der Waals surface area contributed by atoms with Crippen molar-refractivity contribution in [1.82, 2.24) is 10.1 Å². The topological polar surface area (TPSA) is 74.2 Å². The summed E-state index contributed by atoms with van der Waals surface area (Å²) < 4.78 is 10.7. The van der Waals surface area contributed by atoms with Gasteiger partial charge in [0.1, 0.15) is 5.54 Å². The summed E-state index contributed by atoms with van der Waals surface area (Å²) in [6.45, 7) is 6.98. The van der Waals surface area contributed by atoms with Crippen molar-refractivity contribution in [1.29, 1.82) is 0 Å². The van der Waals surface area contributed by atoms with Gasteiger partial charge in [0.2, 0.25) is 5.89 Å². The third-order valence-electron chi connectivity index (χ3n) is 3.21. The molecule has 18 heavy (non-hydrogen) atoms. The smallest absolute Gasteiger partial charge is 0.242 e. The Morgan fingerprint density at radius 1 is 1.61 bits per heavy atom. The maximum absolute atomic E-state index is 6.16. The first kappa shape index (κ1) is 13.8. The molecule has 0 aliphatic carbocycles. The molecular weight excluding hydrogens is 250 g/mol. The minimum atomic E-state index is -0.697. The normalized spacial score (nSPS) is 27.3. The molecule has 1 aromatic rings. The third kappa shape index (κ3) is 2.70. The Bertz CT molecular complexity index is 400. The molecule has 5 nitrogen and oxygen atoms in total. The molecule has 2 rings (SSSR count). The predicted molar refractivity (Wildman–Crippen MR) is 71.4 cm³/mol. The molecule has 1 aliphatic rings. The van der Waals surface area contributed by atoms with Crippen molar-refractivity contribution in [3.05, 3.63) is 11.7 Å². The van der Waals surface area contributed by atoms with E-state index in [1.54, 1.807) is 0 Å². The molecule has 102 valence electrons. The highest BCUT2D eigenvalue weighted by Crippen LogP contribution is 2.45. The lowest BCUT2D eigenvalue weighted by Gasteiger charge is -2.20. The van der Waals surface area contributed by atoms with Gasteiger partial charge in [0.25, 0.3) is 0 Å². The molecule has 1 aliphatic heterocycles. The molecule has 0 spiro atoms. The van der Waals surface area contributed by atoms with Crippen molar-refractivity contribution in [2.24, 2.45) is 5.73 Å². The van der Waals surface area contributed by atoms with Crippen LogP contribution >= 0.6 is 11.8 Å². The Labute approximate surface area is 112 Å². The molecule has 1 fully saturated rings. The zero-order chi connectivity index (χ0) is 13.2. The van der Waals surface area contributed by atoms with E-state index in [1.807, 2.05) is 25.6 Å². The lowest BCUT2D eigenvalue weighted by molar-refractivity contribution is 0.0962. The van der Waals surface area contributed by atoms with Gasteiger partial charge in [0, 0.05) is 6.61 Å². The number of rotatable bonds is 5.